The minimum Gasteiger partial charge on any atom is -0.382 e. The molecule has 1 aromatic rings. The summed E-state index contributed by atoms with van der Waals surface area (Å²) < 4.78 is 24.6. The van der Waals surface area contributed by atoms with Crippen molar-refractivity contribution < 1.29 is 13.9 Å². The zero-order chi connectivity index (χ0) is 10.7. The SMILES string of the molecule is CN(C)c1ccccc1C(O)C(F)F. The molecule has 0 heterocycles. The van der Waals surface area contributed by atoms with Gasteiger partial charge in [0, 0.05) is 25.3 Å². The van der Waals surface area contributed by atoms with Crippen LogP contribution in [0.2, 0.25) is 0 Å². The highest BCUT2D eigenvalue weighted by atomic mass is 19.3. The highest BCUT2D eigenvalue weighted by Gasteiger charge is 2.22. The van der Waals surface area contributed by atoms with Gasteiger partial charge in [-0.15, -0.1) is 0 Å². The van der Waals surface area contributed by atoms with Crippen LogP contribution in [0.3, 0.4) is 0 Å². The molecular weight excluding hydrogens is 188 g/mol. The molecule has 0 aliphatic carbocycles. The normalized spacial score (nSPS) is 13.0. The van der Waals surface area contributed by atoms with Crippen LogP contribution in [-0.4, -0.2) is 25.6 Å². The molecule has 14 heavy (non-hydrogen) atoms. The Morgan fingerprint density at radius 3 is 2.29 bits per heavy atom. The van der Waals surface area contributed by atoms with Gasteiger partial charge in [0.05, 0.1) is 0 Å². The Morgan fingerprint density at radius 1 is 1.21 bits per heavy atom. The third kappa shape index (κ3) is 2.20. The first-order valence-electron chi connectivity index (χ1n) is 4.26. The number of alkyl halides is 2. The average Bonchev–Trinajstić information content (AvgIpc) is 2.16. The smallest absolute Gasteiger partial charge is 0.268 e. The quantitative estimate of drug-likeness (QED) is 0.809. The van der Waals surface area contributed by atoms with Gasteiger partial charge in [-0.2, -0.15) is 0 Å². The number of halogens is 2. The molecule has 0 radical (unpaired) electrons. The summed E-state index contributed by atoms with van der Waals surface area (Å²) in [6.07, 6.45) is -4.47. The lowest BCUT2D eigenvalue weighted by Gasteiger charge is -2.20. The molecule has 1 N–H and O–H groups in total. The number of aliphatic hydroxyl groups is 1. The van der Waals surface area contributed by atoms with Gasteiger partial charge in [0.2, 0.25) is 0 Å². The molecular formula is C10H13F2NO. The van der Waals surface area contributed by atoms with Crippen molar-refractivity contribution in [3.05, 3.63) is 29.8 Å². The van der Waals surface area contributed by atoms with Crippen molar-refractivity contribution in [1.82, 2.24) is 0 Å². The van der Waals surface area contributed by atoms with E-state index in [1.807, 2.05) is 0 Å². The maximum atomic E-state index is 12.3. The monoisotopic (exact) mass is 201 g/mol. The summed E-state index contributed by atoms with van der Waals surface area (Å²) in [5, 5.41) is 9.25. The van der Waals surface area contributed by atoms with Gasteiger partial charge in [-0.1, -0.05) is 18.2 Å². The molecule has 4 heteroatoms. The van der Waals surface area contributed by atoms with E-state index in [-0.39, 0.29) is 5.56 Å². The van der Waals surface area contributed by atoms with Gasteiger partial charge >= 0.3 is 0 Å². The number of para-hydroxylation sites is 1. The van der Waals surface area contributed by atoms with Crippen LogP contribution in [0.15, 0.2) is 24.3 Å². The Morgan fingerprint density at radius 2 is 1.79 bits per heavy atom. The Balaban J connectivity index is 3.06. The Kier molecular flexibility index (Phi) is 3.41. The standard InChI is InChI=1S/C10H13F2NO/c1-13(2)8-6-4-3-5-7(8)9(14)10(11)12/h3-6,9-10,14H,1-2H3. The second-order valence-corrected chi connectivity index (χ2v) is 3.23. The maximum absolute atomic E-state index is 12.3. The lowest BCUT2D eigenvalue weighted by molar-refractivity contribution is -0.00549. The van der Waals surface area contributed by atoms with E-state index in [0.29, 0.717) is 5.69 Å². The van der Waals surface area contributed by atoms with E-state index < -0.39 is 12.5 Å². The zero-order valence-corrected chi connectivity index (χ0v) is 8.11. The van der Waals surface area contributed by atoms with Crippen molar-refractivity contribution in [2.45, 2.75) is 12.5 Å². The predicted octanol–water partition coefficient (Wildman–Crippen LogP) is 2.05. The summed E-state index contributed by atoms with van der Waals surface area (Å²) in [6.45, 7) is 0. The average molecular weight is 201 g/mol. The van der Waals surface area contributed by atoms with Crippen LogP contribution >= 0.6 is 0 Å². The van der Waals surface area contributed by atoms with Crippen molar-refractivity contribution >= 4 is 5.69 Å². The van der Waals surface area contributed by atoms with Crippen LogP contribution in [0.1, 0.15) is 11.7 Å². The van der Waals surface area contributed by atoms with Crippen LogP contribution < -0.4 is 4.90 Å². The van der Waals surface area contributed by atoms with Crippen LogP contribution in [0, 0.1) is 0 Å². The van der Waals surface area contributed by atoms with E-state index in [1.165, 1.54) is 6.07 Å². The number of benzene rings is 1. The molecule has 0 aliphatic heterocycles. The number of anilines is 1. The predicted molar refractivity (Wildman–Crippen MR) is 51.7 cm³/mol. The molecule has 2 nitrogen and oxygen atoms in total. The Bertz CT molecular complexity index is 302. The summed E-state index contributed by atoms with van der Waals surface area (Å²) >= 11 is 0. The van der Waals surface area contributed by atoms with Crippen molar-refractivity contribution in [3.63, 3.8) is 0 Å². The first kappa shape index (κ1) is 10.9. The fourth-order valence-electron chi connectivity index (χ4n) is 1.28. The second kappa shape index (κ2) is 4.37. The van der Waals surface area contributed by atoms with E-state index in [4.69, 9.17) is 0 Å². The molecule has 1 rings (SSSR count). The number of nitrogens with zero attached hydrogens (tertiary/aromatic N) is 1. The maximum Gasteiger partial charge on any atom is 0.268 e. The van der Waals surface area contributed by atoms with Crippen molar-refractivity contribution in [2.75, 3.05) is 19.0 Å². The largest absolute Gasteiger partial charge is 0.382 e. The van der Waals surface area contributed by atoms with Crippen LogP contribution in [-0.2, 0) is 0 Å². The summed E-state index contributed by atoms with van der Waals surface area (Å²) in [6, 6.07) is 6.58. The highest BCUT2D eigenvalue weighted by Crippen LogP contribution is 2.28. The molecule has 0 fully saturated rings. The number of aliphatic hydroxyl groups excluding tert-OH is 1. The Labute approximate surface area is 81.8 Å². The van der Waals surface area contributed by atoms with E-state index in [9.17, 15) is 13.9 Å². The minimum atomic E-state index is -2.75. The summed E-state index contributed by atoms with van der Waals surface area (Å²) in [5.41, 5.74) is 0.868. The van der Waals surface area contributed by atoms with Gasteiger partial charge in [-0.3, -0.25) is 0 Å². The van der Waals surface area contributed by atoms with E-state index >= 15 is 0 Å². The first-order chi connectivity index (χ1) is 6.54. The molecule has 0 aromatic heterocycles. The minimum absolute atomic E-state index is 0.257. The number of hydrogen-bond acceptors (Lipinski definition) is 2. The third-order valence-electron chi connectivity index (χ3n) is 1.98. The molecule has 0 bridgehead atoms. The topological polar surface area (TPSA) is 23.5 Å². The molecule has 0 saturated carbocycles. The molecule has 0 aliphatic rings. The van der Waals surface area contributed by atoms with Crippen molar-refractivity contribution in [3.8, 4) is 0 Å². The van der Waals surface area contributed by atoms with Crippen molar-refractivity contribution in [1.29, 1.82) is 0 Å². The lowest BCUT2D eigenvalue weighted by atomic mass is 10.1. The molecule has 0 spiro atoms. The fraction of sp³-hybridized carbons (Fsp3) is 0.400. The highest BCUT2D eigenvalue weighted by molar-refractivity contribution is 5.53. The van der Waals surface area contributed by atoms with Gasteiger partial charge in [0.25, 0.3) is 6.43 Å². The molecule has 1 unspecified atom stereocenters. The van der Waals surface area contributed by atoms with E-state index in [0.717, 1.165) is 0 Å². The van der Waals surface area contributed by atoms with Crippen LogP contribution in [0.25, 0.3) is 0 Å². The van der Waals surface area contributed by atoms with Gasteiger partial charge in [0.1, 0.15) is 6.10 Å². The van der Waals surface area contributed by atoms with Gasteiger partial charge in [-0.05, 0) is 6.07 Å². The summed E-state index contributed by atoms with van der Waals surface area (Å²) in [5.74, 6) is 0. The third-order valence-corrected chi connectivity index (χ3v) is 1.98. The summed E-state index contributed by atoms with van der Waals surface area (Å²) in [7, 11) is 3.49. The second-order valence-electron chi connectivity index (χ2n) is 3.23. The number of hydrogen-bond donors (Lipinski definition) is 1. The van der Waals surface area contributed by atoms with Gasteiger partial charge in [-0.25, -0.2) is 8.78 Å². The molecule has 0 amide bonds. The Hall–Kier alpha value is -1.16. The molecule has 1 aromatic carbocycles. The van der Waals surface area contributed by atoms with Crippen LogP contribution in [0.4, 0.5) is 14.5 Å². The molecule has 1 atom stereocenters. The fourth-order valence-corrected chi connectivity index (χ4v) is 1.28. The van der Waals surface area contributed by atoms with E-state index in [2.05, 4.69) is 0 Å². The van der Waals surface area contributed by atoms with Crippen LogP contribution in [0.5, 0.6) is 0 Å². The zero-order valence-electron chi connectivity index (χ0n) is 8.11. The first-order valence-corrected chi connectivity index (χ1v) is 4.26. The van der Waals surface area contributed by atoms with E-state index in [1.54, 1.807) is 37.2 Å². The molecule has 78 valence electrons. The van der Waals surface area contributed by atoms with Gasteiger partial charge in [0.15, 0.2) is 0 Å². The van der Waals surface area contributed by atoms with Gasteiger partial charge < -0.3 is 10.0 Å². The van der Waals surface area contributed by atoms with Crippen molar-refractivity contribution in [2.24, 2.45) is 0 Å². The summed E-state index contributed by atoms with van der Waals surface area (Å²) in [4.78, 5) is 1.70. The lowest BCUT2D eigenvalue weighted by Crippen LogP contribution is -2.16. The molecule has 0 saturated heterocycles. The number of rotatable bonds is 3.